The summed E-state index contributed by atoms with van der Waals surface area (Å²) in [5.74, 6) is -4.04. The molecule has 9 heteroatoms. The fraction of sp³-hybridized carbons (Fsp3) is 0.308. The lowest BCUT2D eigenvalue weighted by molar-refractivity contribution is -0.139. The van der Waals surface area contributed by atoms with E-state index < -0.39 is 23.9 Å². The molecule has 0 aliphatic carbocycles. The minimum Gasteiger partial charge on any atom is -0.481 e. The molecule has 4 N–H and O–H groups in total. The molecule has 0 radical (unpaired) electrons. The first-order chi connectivity index (χ1) is 10.2. The zero-order valence-electron chi connectivity index (χ0n) is 11.4. The van der Waals surface area contributed by atoms with Gasteiger partial charge < -0.3 is 20.4 Å². The van der Waals surface area contributed by atoms with Crippen LogP contribution < -0.4 is 0 Å². The summed E-state index contributed by atoms with van der Waals surface area (Å²) in [5.41, 5.74) is -0.194. The topological polar surface area (TPSA) is 162 Å². The lowest BCUT2D eigenvalue weighted by Gasteiger charge is -1.93. The normalized spacial score (nSPS) is 9.27. The summed E-state index contributed by atoms with van der Waals surface area (Å²) in [6, 6.07) is 2.34. The van der Waals surface area contributed by atoms with E-state index >= 15 is 0 Å². The van der Waals surface area contributed by atoms with Crippen molar-refractivity contribution < 1.29 is 39.6 Å². The first-order valence-corrected chi connectivity index (χ1v) is 6.10. The number of aromatic carboxylic acids is 2. The summed E-state index contributed by atoms with van der Waals surface area (Å²) in [6.07, 6.45) is 2.02. The van der Waals surface area contributed by atoms with Crippen LogP contribution >= 0.6 is 0 Å². The Labute approximate surface area is 124 Å². The van der Waals surface area contributed by atoms with Crippen LogP contribution in [0.2, 0.25) is 0 Å². The molecule has 0 fully saturated rings. The molecule has 120 valence electrons. The van der Waals surface area contributed by atoms with E-state index in [0.717, 1.165) is 12.3 Å². The lowest BCUT2D eigenvalue weighted by atomic mass is 10.2. The Bertz CT molecular complexity index is 488. The van der Waals surface area contributed by atoms with Crippen molar-refractivity contribution in [2.75, 3.05) is 0 Å². The fourth-order valence-corrected chi connectivity index (χ4v) is 1.20. The van der Waals surface area contributed by atoms with Gasteiger partial charge in [0.05, 0.1) is 5.56 Å². The number of rotatable bonds is 7. The maximum Gasteiger partial charge on any atom is 0.354 e. The molecule has 9 nitrogen and oxygen atoms in total. The van der Waals surface area contributed by atoms with E-state index in [1.165, 1.54) is 6.07 Å². The standard InChI is InChI=1S/C7H5NO4.C6H10O4/c9-6(10)4-1-2-5(7(11)12)8-3-4;7-5(8)3-1-2-4-6(9)10/h1-3H,(H,9,10)(H,11,12);1-4H2,(H,7,8)(H,9,10). The van der Waals surface area contributed by atoms with Gasteiger partial charge in [0.1, 0.15) is 5.69 Å². The van der Waals surface area contributed by atoms with Crippen LogP contribution in [0, 0.1) is 0 Å². The molecular weight excluding hydrogens is 298 g/mol. The molecule has 0 atom stereocenters. The van der Waals surface area contributed by atoms with Crippen LogP contribution in [-0.2, 0) is 9.59 Å². The van der Waals surface area contributed by atoms with Gasteiger partial charge in [-0.25, -0.2) is 14.6 Å². The highest BCUT2D eigenvalue weighted by molar-refractivity contribution is 5.89. The predicted octanol–water partition coefficient (Wildman–Crippen LogP) is 1.19. The number of carbonyl (C=O) groups is 4. The van der Waals surface area contributed by atoms with Gasteiger partial charge in [-0.05, 0) is 25.0 Å². The van der Waals surface area contributed by atoms with Crippen LogP contribution in [0.1, 0.15) is 46.5 Å². The van der Waals surface area contributed by atoms with Crippen molar-refractivity contribution in [1.29, 1.82) is 0 Å². The SMILES string of the molecule is O=C(O)CCCCC(=O)O.O=C(O)c1ccc(C(=O)O)nc1. The Hall–Kier alpha value is -2.97. The Morgan fingerprint density at radius 2 is 1.32 bits per heavy atom. The molecule has 22 heavy (non-hydrogen) atoms. The quantitative estimate of drug-likeness (QED) is 0.541. The van der Waals surface area contributed by atoms with E-state index in [4.69, 9.17) is 20.4 Å². The predicted molar refractivity (Wildman–Crippen MR) is 71.9 cm³/mol. The second-order valence-electron chi connectivity index (χ2n) is 4.04. The van der Waals surface area contributed by atoms with Gasteiger partial charge in [-0.3, -0.25) is 9.59 Å². The molecule has 0 amide bonds. The van der Waals surface area contributed by atoms with Crippen LogP contribution in [0.5, 0.6) is 0 Å². The highest BCUT2D eigenvalue weighted by atomic mass is 16.4. The van der Waals surface area contributed by atoms with Gasteiger partial charge in [-0.1, -0.05) is 0 Å². The van der Waals surface area contributed by atoms with Gasteiger partial charge in [0.2, 0.25) is 0 Å². The number of hydrogen-bond acceptors (Lipinski definition) is 5. The van der Waals surface area contributed by atoms with Crippen LogP contribution in [-0.4, -0.2) is 49.3 Å². The molecule has 0 unspecified atom stereocenters. The van der Waals surface area contributed by atoms with E-state index in [1.807, 2.05) is 0 Å². The second kappa shape index (κ2) is 9.86. The number of aromatic nitrogens is 1. The third kappa shape index (κ3) is 9.02. The minimum atomic E-state index is -1.17. The van der Waals surface area contributed by atoms with E-state index in [2.05, 4.69) is 4.98 Å². The summed E-state index contributed by atoms with van der Waals surface area (Å²) in [7, 11) is 0. The van der Waals surface area contributed by atoms with Crippen molar-refractivity contribution in [1.82, 2.24) is 4.98 Å². The van der Waals surface area contributed by atoms with Gasteiger partial charge >= 0.3 is 23.9 Å². The largest absolute Gasteiger partial charge is 0.481 e. The summed E-state index contributed by atoms with van der Waals surface area (Å²) < 4.78 is 0. The van der Waals surface area contributed by atoms with E-state index in [0.29, 0.717) is 12.8 Å². The second-order valence-corrected chi connectivity index (χ2v) is 4.04. The molecule has 0 aliphatic rings. The smallest absolute Gasteiger partial charge is 0.354 e. The van der Waals surface area contributed by atoms with Crippen LogP contribution in [0.3, 0.4) is 0 Å². The molecule has 1 heterocycles. The highest BCUT2D eigenvalue weighted by Gasteiger charge is 2.06. The zero-order valence-corrected chi connectivity index (χ0v) is 11.4. The maximum atomic E-state index is 10.3. The van der Waals surface area contributed by atoms with Gasteiger partial charge in [0, 0.05) is 19.0 Å². The molecule has 0 bridgehead atoms. The fourth-order valence-electron chi connectivity index (χ4n) is 1.20. The number of nitrogens with zero attached hydrogens (tertiary/aromatic N) is 1. The number of pyridine rings is 1. The third-order valence-corrected chi connectivity index (χ3v) is 2.26. The van der Waals surface area contributed by atoms with Crippen molar-refractivity contribution >= 4 is 23.9 Å². The molecule has 0 saturated heterocycles. The van der Waals surface area contributed by atoms with Crippen LogP contribution in [0.4, 0.5) is 0 Å². The van der Waals surface area contributed by atoms with Crippen molar-refractivity contribution in [2.24, 2.45) is 0 Å². The van der Waals surface area contributed by atoms with E-state index in [9.17, 15) is 19.2 Å². The molecule has 0 aliphatic heterocycles. The maximum absolute atomic E-state index is 10.3. The number of carboxylic acid groups (broad SMARTS) is 4. The monoisotopic (exact) mass is 313 g/mol. The number of hydrogen-bond donors (Lipinski definition) is 4. The molecule has 1 aromatic rings. The lowest BCUT2D eigenvalue weighted by Crippen LogP contribution is -2.02. The third-order valence-electron chi connectivity index (χ3n) is 2.26. The number of unbranched alkanes of at least 4 members (excludes halogenated alkanes) is 1. The van der Waals surface area contributed by atoms with Crippen molar-refractivity contribution in [3.05, 3.63) is 29.6 Å². The zero-order chi connectivity index (χ0) is 17.1. The average Bonchev–Trinajstić information content (AvgIpc) is 2.44. The summed E-state index contributed by atoms with van der Waals surface area (Å²) in [4.78, 5) is 43.8. The van der Waals surface area contributed by atoms with Gasteiger partial charge in [0.25, 0.3) is 0 Å². The van der Waals surface area contributed by atoms with Crippen molar-refractivity contribution in [3.8, 4) is 0 Å². The Kier molecular flexibility index (Phi) is 8.53. The molecule has 1 aromatic heterocycles. The highest BCUT2D eigenvalue weighted by Crippen LogP contribution is 2.00. The number of carboxylic acids is 4. The summed E-state index contributed by atoms with van der Waals surface area (Å²) in [5, 5.41) is 33.1. The summed E-state index contributed by atoms with van der Waals surface area (Å²) >= 11 is 0. The molecule has 0 spiro atoms. The van der Waals surface area contributed by atoms with Crippen molar-refractivity contribution in [3.63, 3.8) is 0 Å². The Balaban J connectivity index is 0.000000409. The van der Waals surface area contributed by atoms with Crippen LogP contribution in [0.25, 0.3) is 0 Å². The Morgan fingerprint density at radius 1 is 0.818 bits per heavy atom. The Morgan fingerprint density at radius 3 is 1.59 bits per heavy atom. The van der Waals surface area contributed by atoms with E-state index in [-0.39, 0.29) is 24.1 Å². The molecule has 0 aromatic carbocycles. The minimum absolute atomic E-state index is 0.0278. The number of aliphatic carboxylic acids is 2. The molecule has 1 rings (SSSR count). The molecule has 0 saturated carbocycles. The van der Waals surface area contributed by atoms with Crippen molar-refractivity contribution in [2.45, 2.75) is 25.7 Å². The van der Waals surface area contributed by atoms with Gasteiger partial charge in [0.15, 0.2) is 0 Å². The molecular formula is C13H15NO8. The first kappa shape index (κ1) is 19.0. The van der Waals surface area contributed by atoms with Gasteiger partial charge in [-0.2, -0.15) is 0 Å². The van der Waals surface area contributed by atoms with Gasteiger partial charge in [-0.15, -0.1) is 0 Å². The first-order valence-electron chi connectivity index (χ1n) is 6.10. The van der Waals surface area contributed by atoms with E-state index in [1.54, 1.807) is 0 Å². The van der Waals surface area contributed by atoms with Crippen LogP contribution in [0.15, 0.2) is 18.3 Å². The summed E-state index contributed by atoms with van der Waals surface area (Å²) in [6.45, 7) is 0. The average molecular weight is 313 g/mol.